The summed E-state index contributed by atoms with van der Waals surface area (Å²) < 4.78 is 0. The van der Waals surface area contributed by atoms with Crippen LogP contribution in [0.15, 0.2) is 18.2 Å². The Balaban J connectivity index is 2.79. The Morgan fingerprint density at radius 3 is 2.73 bits per heavy atom. The summed E-state index contributed by atoms with van der Waals surface area (Å²) in [5.41, 5.74) is 2.00. The first kappa shape index (κ1) is 11.7. The van der Waals surface area contributed by atoms with Gasteiger partial charge in [0.25, 0.3) is 0 Å². The van der Waals surface area contributed by atoms with Crippen molar-refractivity contribution in [2.45, 2.75) is 19.4 Å². The Hall–Kier alpha value is -1.35. The molecule has 0 unspecified atom stereocenters. The fourth-order valence-corrected chi connectivity index (χ4v) is 1.49. The predicted octanol–water partition coefficient (Wildman–Crippen LogP) is 1.59. The van der Waals surface area contributed by atoms with Crippen molar-refractivity contribution in [3.63, 3.8) is 0 Å². The Morgan fingerprint density at radius 1 is 1.40 bits per heavy atom. The molecule has 0 saturated carbocycles. The number of aldehydes is 1. The van der Waals surface area contributed by atoms with Gasteiger partial charge in [0.05, 0.1) is 0 Å². The van der Waals surface area contributed by atoms with Gasteiger partial charge in [0, 0.05) is 18.5 Å². The van der Waals surface area contributed by atoms with Gasteiger partial charge in [0.2, 0.25) is 0 Å². The van der Waals surface area contributed by atoms with E-state index in [2.05, 4.69) is 0 Å². The minimum atomic E-state index is 0.318. The molecule has 1 rings (SSSR count). The van der Waals surface area contributed by atoms with Gasteiger partial charge in [-0.3, -0.25) is 0 Å². The molecule has 0 bridgehead atoms. The van der Waals surface area contributed by atoms with E-state index in [1.807, 2.05) is 31.1 Å². The van der Waals surface area contributed by atoms with Crippen LogP contribution in [0.3, 0.4) is 0 Å². The fraction of sp³-hybridized carbons (Fsp3) is 0.417. The second-order valence-electron chi connectivity index (χ2n) is 3.91. The number of carbonyl (C=O) groups is 1. The molecular formula is C12H17NO2. The molecule has 0 saturated heterocycles. The molecule has 0 aliphatic rings. The van der Waals surface area contributed by atoms with Gasteiger partial charge < -0.3 is 14.8 Å². The zero-order chi connectivity index (χ0) is 11.3. The highest BCUT2D eigenvalue weighted by Crippen LogP contribution is 2.20. The number of aryl methyl sites for hydroxylation is 1. The number of nitrogens with zero attached hydrogens (tertiary/aromatic N) is 1. The van der Waals surface area contributed by atoms with Crippen molar-refractivity contribution < 1.29 is 9.90 Å². The van der Waals surface area contributed by atoms with Crippen LogP contribution in [0.4, 0.5) is 0 Å². The van der Waals surface area contributed by atoms with Crippen molar-refractivity contribution in [3.8, 4) is 5.75 Å². The molecule has 15 heavy (non-hydrogen) atoms. The van der Waals surface area contributed by atoms with Crippen LogP contribution in [-0.4, -0.2) is 30.4 Å². The second-order valence-corrected chi connectivity index (χ2v) is 3.91. The summed E-state index contributed by atoms with van der Waals surface area (Å²) in [5.74, 6) is 0.318. The molecule has 82 valence electrons. The van der Waals surface area contributed by atoms with Crippen LogP contribution in [0.2, 0.25) is 0 Å². The molecule has 0 atom stereocenters. The maximum Gasteiger partial charge on any atom is 0.120 e. The third-order valence-corrected chi connectivity index (χ3v) is 2.18. The maximum absolute atomic E-state index is 10.3. The quantitative estimate of drug-likeness (QED) is 0.745. The van der Waals surface area contributed by atoms with Crippen molar-refractivity contribution in [3.05, 3.63) is 29.3 Å². The van der Waals surface area contributed by atoms with Gasteiger partial charge in [-0.05, 0) is 32.1 Å². The van der Waals surface area contributed by atoms with Gasteiger partial charge in [0.15, 0.2) is 0 Å². The van der Waals surface area contributed by atoms with E-state index in [0.717, 1.165) is 23.8 Å². The van der Waals surface area contributed by atoms with Crippen LogP contribution >= 0.6 is 0 Å². The lowest BCUT2D eigenvalue weighted by atomic mass is 10.1. The van der Waals surface area contributed by atoms with Crippen molar-refractivity contribution >= 4 is 6.29 Å². The van der Waals surface area contributed by atoms with Crippen LogP contribution in [0.1, 0.15) is 17.5 Å². The van der Waals surface area contributed by atoms with E-state index in [1.54, 1.807) is 6.07 Å². The first-order valence-corrected chi connectivity index (χ1v) is 5.02. The highest BCUT2D eigenvalue weighted by Gasteiger charge is 2.03. The standard InChI is InChI=1S/C12H17NO2/c1-13(2)9-11-8-10(4-3-7-14)5-6-12(11)15/h5-8,15H,3-4,9H2,1-2H3. The van der Waals surface area contributed by atoms with E-state index in [4.69, 9.17) is 0 Å². The van der Waals surface area contributed by atoms with Gasteiger partial charge in [-0.15, -0.1) is 0 Å². The van der Waals surface area contributed by atoms with Crippen LogP contribution in [-0.2, 0) is 17.8 Å². The van der Waals surface area contributed by atoms with Gasteiger partial charge in [0.1, 0.15) is 12.0 Å². The Morgan fingerprint density at radius 2 is 2.13 bits per heavy atom. The number of rotatable bonds is 5. The minimum Gasteiger partial charge on any atom is -0.508 e. The zero-order valence-electron chi connectivity index (χ0n) is 9.23. The lowest BCUT2D eigenvalue weighted by molar-refractivity contribution is -0.107. The summed E-state index contributed by atoms with van der Waals surface area (Å²) in [7, 11) is 3.91. The molecule has 1 N–H and O–H groups in total. The van der Waals surface area contributed by atoms with Crippen LogP contribution in [0, 0.1) is 0 Å². The van der Waals surface area contributed by atoms with E-state index >= 15 is 0 Å². The SMILES string of the molecule is CN(C)Cc1cc(CCC=O)ccc1O. The van der Waals surface area contributed by atoms with E-state index in [0.29, 0.717) is 18.7 Å². The largest absolute Gasteiger partial charge is 0.508 e. The van der Waals surface area contributed by atoms with E-state index in [9.17, 15) is 9.90 Å². The highest BCUT2D eigenvalue weighted by atomic mass is 16.3. The Bertz CT molecular complexity index is 334. The average Bonchev–Trinajstić information content (AvgIpc) is 2.18. The number of benzene rings is 1. The second kappa shape index (κ2) is 5.51. The van der Waals surface area contributed by atoms with Crippen molar-refractivity contribution in [1.29, 1.82) is 0 Å². The van der Waals surface area contributed by atoms with Crippen molar-refractivity contribution in [2.24, 2.45) is 0 Å². The predicted molar refractivity (Wildman–Crippen MR) is 59.9 cm³/mol. The molecule has 0 aliphatic heterocycles. The first-order valence-electron chi connectivity index (χ1n) is 5.02. The number of phenols is 1. The molecule has 3 nitrogen and oxygen atoms in total. The van der Waals surface area contributed by atoms with E-state index in [1.165, 1.54) is 0 Å². The molecule has 3 heteroatoms. The molecule has 0 aliphatic carbocycles. The summed E-state index contributed by atoms with van der Waals surface area (Å²) >= 11 is 0. The van der Waals surface area contributed by atoms with Gasteiger partial charge >= 0.3 is 0 Å². The molecule has 1 aromatic carbocycles. The summed E-state index contributed by atoms with van der Waals surface area (Å²) in [4.78, 5) is 12.2. The molecule has 0 amide bonds. The zero-order valence-corrected chi connectivity index (χ0v) is 9.23. The van der Waals surface area contributed by atoms with Crippen molar-refractivity contribution in [2.75, 3.05) is 14.1 Å². The monoisotopic (exact) mass is 207 g/mol. The van der Waals surface area contributed by atoms with Gasteiger partial charge in [-0.25, -0.2) is 0 Å². The summed E-state index contributed by atoms with van der Waals surface area (Å²) in [6.07, 6.45) is 2.19. The molecule has 1 aromatic rings. The number of hydrogen-bond donors (Lipinski definition) is 1. The maximum atomic E-state index is 10.3. The molecule has 0 heterocycles. The third kappa shape index (κ3) is 3.72. The molecule has 0 fully saturated rings. The normalized spacial score (nSPS) is 10.6. The van der Waals surface area contributed by atoms with Crippen LogP contribution in [0.5, 0.6) is 5.75 Å². The first-order chi connectivity index (χ1) is 7.13. The molecule has 0 spiro atoms. The van der Waals surface area contributed by atoms with Crippen molar-refractivity contribution in [1.82, 2.24) is 4.90 Å². The lowest BCUT2D eigenvalue weighted by Gasteiger charge is -2.12. The highest BCUT2D eigenvalue weighted by molar-refractivity contribution is 5.50. The minimum absolute atomic E-state index is 0.318. The smallest absolute Gasteiger partial charge is 0.120 e. The Kier molecular flexibility index (Phi) is 4.31. The Labute approximate surface area is 90.3 Å². The van der Waals surface area contributed by atoms with Crippen LogP contribution < -0.4 is 0 Å². The third-order valence-electron chi connectivity index (χ3n) is 2.18. The van der Waals surface area contributed by atoms with E-state index < -0.39 is 0 Å². The summed E-state index contributed by atoms with van der Waals surface area (Å²) in [6, 6.07) is 5.51. The number of aromatic hydroxyl groups is 1. The number of phenolic OH excluding ortho intramolecular Hbond substituents is 1. The molecular weight excluding hydrogens is 190 g/mol. The lowest BCUT2D eigenvalue weighted by Crippen LogP contribution is -2.11. The summed E-state index contributed by atoms with van der Waals surface area (Å²) in [5, 5.41) is 9.61. The average molecular weight is 207 g/mol. The van der Waals surface area contributed by atoms with Gasteiger partial charge in [-0.1, -0.05) is 12.1 Å². The van der Waals surface area contributed by atoms with Gasteiger partial charge in [-0.2, -0.15) is 0 Å². The fourth-order valence-electron chi connectivity index (χ4n) is 1.49. The topological polar surface area (TPSA) is 40.5 Å². The van der Waals surface area contributed by atoms with E-state index in [-0.39, 0.29) is 0 Å². The molecule has 0 radical (unpaired) electrons. The number of carbonyl (C=O) groups excluding carboxylic acids is 1. The summed E-state index contributed by atoms with van der Waals surface area (Å²) in [6.45, 7) is 0.709. The molecule has 0 aromatic heterocycles. The van der Waals surface area contributed by atoms with Crippen LogP contribution in [0.25, 0.3) is 0 Å². The number of hydrogen-bond acceptors (Lipinski definition) is 3.